The molecule has 1 aromatic rings. The lowest BCUT2D eigenvalue weighted by Crippen LogP contribution is -2.29. The number of hydrogen-bond donors (Lipinski definition) is 2. The van der Waals surface area contributed by atoms with Gasteiger partial charge < -0.3 is 10.4 Å². The van der Waals surface area contributed by atoms with Gasteiger partial charge in [0, 0.05) is 12.3 Å². The van der Waals surface area contributed by atoms with Crippen molar-refractivity contribution in [3.05, 3.63) is 28.4 Å². The van der Waals surface area contributed by atoms with Crippen molar-refractivity contribution in [2.24, 2.45) is 0 Å². The average molecular weight is 253 g/mol. The maximum Gasteiger partial charge on any atom is 0.326 e. The van der Waals surface area contributed by atoms with Crippen LogP contribution in [-0.4, -0.2) is 27.0 Å². The first-order valence-corrected chi connectivity index (χ1v) is 5.65. The van der Waals surface area contributed by atoms with Crippen molar-refractivity contribution in [3.8, 4) is 0 Å². The number of unbranched alkanes of at least 4 members (excludes halogenated alkanes) is 1. The zero-order valence-corrected chi connectivity index (χ0v) is 10.00. The van der Waals surface area contributed by atoms with E-state index in [1.165, 1.54) is 18.3 Å². The minimum atomic E-state index is -1.04. The monoisotopic (exact) mass is 253 g/mol. The fourth-order valence-corrected chi connectivity index (χ4v) is 1.49. The predicted molar refractivity (Wildman–Crippen MR) is 65.5 cm³/mol. The summed E-state index contributed by atoms with van der Waals surface area (Å²) >= 11 is 0. The zero-order chi connectivity index (χ0) is 13.5. The van der Waals surface area contributed by atoms with Crippen LogP contribution in [0.3, 0.4) is 0 Å². The van der Waals surface area contributed by atoms with E-state index in [1.807, 2.05) is 6.92 Å². The second kappa shape index (κ2) is 6.53. The summed E-state index contributed by atoms with van der Waals surface area (Å²) in [6.45, 7) is 1.95. The zero-order valence-electron chi connectivity index (χ0n) is 10.00. The summed E-state index contributed by atoms with van der Waals surface area (Å²) in [5, 5.41) is 22.4. The molecule has 0 aliphatic heterocycles. The highest BCUT2D eigenvalue weighted by atomic mass is 16.6. The molecule has 0 bridgehead atoms. The third kappa shape index (κ3) is 3.69. The molecular formula is C11H15N3O4. The number of aliphatic carboxylic acids is 1. The lowest BCUT2D eigenvalue weighted by molar-refractivity contribution is -0.384. The Balaban J connectivity index is 2.86. The number of pyridine rings is 1. The standard InChI is InChI=1S/C11H15N3O4/c1-2-3-5-8(11(15)16)13-10-9(14(17)18)6-4-7-12-10/h4,6-8H,2-3,5H2,1H3,(H,12,13)(H,15,16). The molecule has 0 saturated carbocycles. The molecule has 7 heteroatoms. The largest absolute Gasteiger partial charge is 0.480 e. The summed E-state index contributed by atoms with van der Waals surface area (Å²) < 4.78 is 0. The second-order valence-corrected chi connectivity index (χ2v) is 3.81. The van der Waals surface area contributed by atoms with Gasteiger partial charge in [-0.1, -0.05) is 19.8 Å². The van der Waals surface area contributed by atoms with E-state index in [1.54, 1.807) is 0 Å². The molecule has 7 nitrogen and oxygen atoms in total. The van der Waals surface area contributed by atoms with Crippen molar-refractivity contribution in [3.63, 3.8) is 0 Å². The Labute approximate surface area is 104 Å². The van der Waals surface area contributed by atoms with E-state index in [-0.39, 0.29) is 11.5 Å². The molecule has 18 heavy (non-hydrogen) atoms. The molecule has 2 N–H and O–H groups in total. The Bertz CT molecular complexity index is 436. The van der Waals surface area contributed by atoms with E-state index < -0.39 is 16.9 Å². The molecule has 98 valence electrons. The van der Waals surface area contributed by atoms with E-state index in [4.69, 9.17) is 5.11 Å². The van der Waals surface area contributed by atoms with Crippen molar-refractivity contribution < 1.29 is 14.8 Å². The number of anilines is 1. The van der Waals surface area contributed by atoms with Crippen LogP contribution < -0.4 is 5.32 Å². The topological polar surface area (TPSA) is 105 Å². The number of nitro groups is 1. The Morgan fingerprint density at radius 1 is 1.67 bits per heavy atom. The van der Waals surface area contributed by atoms with Crippen LogP contribution in [0.2, 0.25) is 0 Å². The van der Waals surface area contributed by atoms with Crippen LogP contribution >= 0.6 is 0 Å². The maximum absolute atomic E-state index is 11.0. The number of carboxylic acids is 1. The lowest BCUT2D eigenvalue weighted by Gasteiger charge is -2.14. The van der Waals surface area contributed by atoms with Gasteiger partial charge in [-0.25, -0.2) is 9.78 Å². The van der Waals surface area contributed by atoms with Gasteiger partial charge in [0.15, 0.2) is 0 Å². The van der Waals surface area contributed by atoms with Gasteiger partial charge in [-0.2, -0.15) is 0 Å². The molecule has 0 fully saturated rings. The highest BCUT2D eigenvalue weighted by Gasteiger charge is 2.22. The molecule has 1 aromatic heterocycles. The van der Waals surface area contributed by atoms with E-state index in [0.717, 1.165) is 12.8 Å². The highest BCUT2D eigenvalue weighted by Crippen LogP contribution is 2.22. The first kappa shape index (κ1) is 13.9. The number of hydrogen-bond acceptors (Lipinski definition) is 5. The summed E-state index contributed by atoms with van der Waals surface area (Å²) in [4.78, 5) is 25.0. The van der Waals surface area contributed by atoms with Gasteiger partial charge in [-0.05, 0) is 12.5 Å². The number of carboxylic acid groups (broad SMARTS) is 1. The number of nitrogens with one attached hydrogen (secondary N) is 1. The molecule has 1 heterocycles. The van der Waals surface area contributed by atoms with Crippen molar-refractivity contribution >= 4 is 17.5 Å². The molecule has 0 radical (unpaired) electrons. The van der Waals surface area contributed by atoms with Gasteiger partial charge in [0.25, 0.3) is 0 Å². The van der Waals surface area contributed by atoms with Crippen LogP contribution in [0.4, 0.5) is 11.5 Å². The molecule has 0 aliphatic carbocycles. The first-order valence-electron chi connectivity index (χ1n) is 5.65. The molecule has 0 amide bonds. The third-order valence-corrected chi connectivity index (χ3v) is 2.44. The van der Waals surface area contributed by atoms with Crippen molar-refractivity contribution in [1.29, 1.82) is 0 Å². The summed E-state index contributed by atoms with van der Waals surface area (Å²) in [5.74, 6) is -1.05. The van der Waals surface area contributed by atoms with E-state index in [0.29, 0.717) is 6.42 Å². The highest BCUT2D eigenvalue weighted by molar-refractivity contribution is 5.77. The summed E-state index contributed by atoms with van der Waals surface area (Å²) in [7, 11) is 0. The number of rotatable bonds is 7. The number of nitrogens with zero attached hydrogens (tertiary/aromatic N) is 2. The molecular weight excluding hydrogens is 238 g/mol. The van der Waals surface area contributed by atoms with Gasteiger partial charge in [-0.3, -0.25) is 10.1 Å². The van der Waals surface area contributed by atoms with Gasteiger partial charge in [0.1, 0.15) is 6.04 Å². The number of carbonyl (C=O) groups is 1. The second-order valence-electron chi connectivity index (χ2n) is 3.81. The molecule has 1 unspecified atom stereocenters. The SMILES string of the molecule is CCCCC(Nc1ncccc1[N+](=O)[O-])C(=O)O. The molecule has 0 spiro atoms. The molecule has 0 aromatic carbocycles. The minimum absolute atomic E-state index is 0.00833. The Kier molecular flexibility index (Phi) is 5.04. The van der Waals surface area contributed by atoms with Crippen LogP contribution in [0, 0.1) is 10.1 Å². The molecule has 1 rings (SSSR count). The fourth-order valence-electron chi connectivity index (χ4n) is 1.49. The summed E-state index contributed by atoms with van der Waals surface area (Å²) in [6.07, 6.45) is 3.37. The van der Waals surface area contributed by atoms with Crippen LogP contribution in [0.15, 0.2) is 18.3 Å². The van der Waals surface area contributed by atoms with Gasteiger partial charge in [0.05, 0.1) is 4.92 Å². The van der Waals surface area contributed by atoms with E-state index >= 15 is 0 Å². The maximum atomic E-state index is 11.0. The van der Waals surface area contributed by atoms with E-state index in [9.17, 15) is 14.9 Å². The summed E-state index contributed by atoms with van der Waals surface area (Å²) in [5.41, 5.74) is -0.222. The van der Waals surface area contributed by atoms with Gasteiger partial charge in [-0.15, -0.1) is 0 Å². The molecule has 0 saturated heterocycles. The van der Waals surface area contributed by atoms with E-state index in [2.05, 4.69) is 10.3 Å². The van der Waals surface area contributed by atoms with Crippen molar-refractivity contribution in [1.82, 2.24) is 4.98 Å². The Morgan fingerprint density at radius 2 is 2.39 bits per heavy atom. The molecule has 1 atom stereocenters. The van der Waals surface area contributed by atoms with Crippen molar-refractivity contribution in [2.45, 2.75) is 32.2 Å². The van der Waals surface area contributed by atoms with Crippen LogP contribution in [-0.2, 0) is 4.79 Å². The van der Waals surface area contributed by atoms with Crippen LogP contribution in [0.1, 0.15) is 26.2 Å². The third-order valence-electron chi connectivity index (χ3n) is 2.44. The lowest BCUT2D eigenvalue weighted by atomic mass is 10.1. The van der Waals surface area contributed by atoms with Gasteiger partial charge >= 0.3 is 11.7 Å². The Morgan fingerprint density at radius 3 is 2.94 bits per heavy atom. The van der Waals surface area contributed by atoms with Crippen LogP contribution in [0.25, 0.3) is 0 Å². The fraction of sp³-hybridized carbons (Fsp3) is 0.455. The summed E-state index contributed by atoms with van der Waals surface area (Å²) in [6, 6.07) is 1.86. The van der Waals surface area contributed by atoms with Crippen LogP contribution in [0.5, 0.6) is 0 Å². The average Bonchev–Trinajstić information content (AvgIpc) is 2.34. The minimum Gasteiger partial charge on any atom is -0.480 e. The quantitative estimate of drug-likeness (QED) is 0.569. The molecule has 0 aliphatic rings. The first-order chi connectivity index (χ1) is 8.56. The predicted octanol–water partition coefficient (Wildman–Crippen LogP) is 2.05. The van der Waals surface area contributed by atoms with Gasteiger partial charge in [0.2, 0.25) is 5.82 Å². The Hall–Kier alpha value is -2.18. The smallest absolute Gasteiger partial charge is 0.326 e. The normalized spacial score (nSPS) is 11.8. The number of aromatic nitrogens is 1. The van der Waals surface area contributed by atoms with Crippen molar-refractivity contribution in [2.75, 3.05) is 5.32 Å².